The number of hydrogen-bond acceptors (Lipinski definition) is 4. The van der Waals surface area contributed by atoms with Crippen LogP contribution in [0.25, 0.3) is 0 Å². The largest absolute Gasteiger partial charge is 0.472 e. The first kappa shape index (κ1) is 11.4. The molecule has 0 aliphatic carbocycles. The van der Waals surface area contributed by atoms with E-state index >= 15 is 0 Å². The van der Waals surface area contributed by atoms with Crippen LogP contribution in [-0.4, -0.2) is 32.8 Å². The van der Waals surface area contributed by atoms with Gasteiger partial charge in [0.1, 0.15) is 0 Å². The Morgan fingerprint density at radius 1 is 1.44 bits per heavy atom. The highest BCUT2D eigenvalue weighted by Crippen LogP contribution is 2.29. The Labute approximate surface area is 98.8 Å². The second kappa shape index (κ2) is 5.32. The van der Waals surface area contributed by atoms with Crippen molar-refractivity contribution in [3.8, 4) is 0 Å². The van der Waals surface area contributed by atoms with Crippen LogP contribution in [-0.2, 0) is 0 Å². The van der Waals surface area contributed by atoms with Gasteiger partial charge in [-0.2, -0.15) is 0 Å². The number of pyridine rings is 1. The van der Waals surface area contributed by atoms with Crippen molar-refractivity contribution in [2.45, 2.75) is 18.8 Å². The minimum Gasteiger partial charge on any atom is -0.472 e. The van der Waals surface area contributed by atoms with Gasteiger partial charge >= 0.3 is 5.30 Å². The molecule has 0 spiro atoms. The van der Waals surface area contributed by atoms with Gasteiger partial charge in [-0.15, -0.1) is 0 Å². The number of rotatable bonds is 2. The van der Waals surface area contributed by atoms with E-state index in [1.54, 1.807) is 0 Å². The molecule has 86 valence electrons. The summed E-state index contributed by atoms with van der Waals surface area (Å²) in [5.41, 5.74) is 1.13. The number of piperidine rings is 1. The van der Waals surface area contributed by atoms with Crippen molar-refractivity contribution >= 4 is 17.2 Å². The van der Waals surface area contributed by atoms with Gasteiger partial charge in [0.25, 0.3) is 0 Å². The highest BCUT2D eigenvalue weighted by atomic mass is 32.2. The number of carbonyl (C=O) groups is 1. The van der Waals surface area contributed by atoms with Crippen molar-refractivity contribution in [2.75, 3.05) is 13.1 Å². The number of nitrogens with zero attached hydrogens (tertiary/aromatic N) is 2. The van der Waals surface area contributed by atoms with Crippen LogP contribution in [0.2, 0.25) is 0 Å². The van der Waals surface area contributed by atoms with Gasteiger partial charge in [-0.25, -0.2) is 9.10 Å². The molecule has 1 aromatic heterocycles. The maximum absolute atomic E-state index is 10.5. The molecule has 1 saturated heterocycles. The average Bonchev–Trinajstić information content (AvgIpc) is 2.30. The molecule has 0 amide bonds. The first-order valence-electron chi connectivity index (χ1n) is 5.32. The summed E-state index contributed by atoms with van der Waals surface area (Å²) in [6.07, 6.45) is 3.78. The van der Waals surface area contributed by atoms with Gasteiger partial charge in [0.15, 0.2) is 0 Å². The van der Waals surface area contributed by atoms with E-state index in [-0.39, 0.29) is 0 Å². The van der Waals surface area contributed by atoms with E-state index in [0.29, 0.717) is 5.92 Å². The van der Waals surface area contributed by atoms with E-state index in [9.17, 15) is 4.79 Å². The Balaban J connectivity index is 1.88. The molecule has 0 radical (unpaired) electrons. The lowest BCUT2D eigenvalue weighted by Crippen LogP contribution is -2.28. The second-order valence-corrected chi connectivity index (χ2v) is 4.86. The fourth-order valence-corrected chi connectivity index (χ4v) is 2.59. The monoisotopic (exact) mass is 238 g/mol. The average molecular weight is 238 g/mol. The van der Waals surface area contributed by atoms with Crippen molar-refractivity contribution < 1.29 is 9.90 Å². The fourth-order valence-electron chi connectivity index (χ4n) is 1.97. The van der Waals surface area contributed by atoms with Gasteiger partial charge in [0.05, 0.1) is 0 Å². The molecule has 0 bridgehead atoms. The molecule has 1 N–H and O–H groups in total. The molecule has 4 nitrogen and oxygen atoms in total. The Hall–Kier alpha value is -1.07. The molecule has 0 aromatic carbocycles. The molecular weight excluding hydrogens is 224 g/mol. The predicted octanol–water partition coefficient (Wildman–Crippen LogP) is 2.59. The van der Waals surface area contributed by atoms with Gasteiger partial charge in [-0.3, -0.25) is 4.98 Å². The topological polar surface area (TPSA) is 53.4 Å². The molecule has 16 heavy (non-hydrogen) atoms. The standard InChI is InChI=1S/C11H14N2O2S/c14-11(15)16-13-7-4-9(5-8-13)10-3-1-2-6-12-10/h1-3,6,9H,4-5,7-8H2,(H,14,15). The predicted molar refractivity (Wildman–Crippen MR) is 63.4 cm³/mol. The Bertz CT molecular complexity index is 350. The Morgan fingerprint density at radius 3 is 2.75 bits per heavy atom. The minimum atomic E-state index is -0.823. The highest BCUT2D eigenvalue weighted by molar-refractivity contribution is 8.11. The first-order chi connectivity index (χ1) is 7.75. The number of aromatic nitrogens is 1. The van der Waals surface area contributed by atoms with Crippen LogP contribution in [0.4, 0.5) is 4.79 Å². The molecule has 5 heteroatoms. The van der Waals surface area contributed by atoms with Crippen LogP contribution >= 0.6 is 11.9 Å². The van der Waals surface area contributed by atoms with Gasteiger partial charge in [-0.1, -0.05) is 6.07 Å². The normalized spacial score (nSPS) is 18.5. The third-order valence-electron chi connectivity index (χ3n) is 2.77. The summed E-state index contributed by atoms with van der Waals surface area (Å²) in [5.74, 6) is 0.479. The van der Waals surface area contributed by atoms with Gasteiger partial charge in [0, 0.05) is 42.8 Å². The van der Waals surface area contributed by atoms with Crippen molar-refractivity contribution in [3.63, 3.8) is 0 Å². The molecule has 2 heterocycles. The second-order valence-electron chi connectivity index (χ2n) is 3.82. The molecule has 2 rings (SSSR count). The third-order valence-corrected chi connectivity index (χ3v) is 3.55. The Kier molecular flexibility index (Phi) is 3.79. The van der Waals surface area contributed by atoms with Crippen molar-refractivity contribution in [1.29, 1.82) is 0 Å². The lowest BCUT2D eigenvalue weighted by atomic mass is 9.94. The maximum Gasteiger partial charge on any atom is 0.380 e. The lowest BCUT2D eigenvalue weighted by molar-refractivity contribution is 0.220. The summed E-state index contributed by atoms with van der Waals surface area (Å²) in [5, 5.41) is 7.83. The first-order valence-corrected chi connectivity index (χ1v) is 6.10. The lowest BCUT2D eigenvalue weighted by Gasteiger charge is -2.29. The van der Waals surface area contributed by atoms with E-state index in [1.165, 1.54) is 0 Å². The summed E-state index contributed by atoms with van der Waals surface area (Å²) in [7, 11) is 0. The van der Waals surface area contributed by atoms with Crippen molar-refractivity contribution in [2.24, 2.45) is 0 Å². The maximum atomic E-state index is 10.5. The third kappa shape index (κ3) is 2.96. The molecule has 1 aliphatic heterocycles. The summed E-state index contributed by atoms with van der Waals surface area (Å²) in [6.45, 7) is 1.64. The van der Waals surface area contributed by atoms with Crippen LogP contribution in [0.15, 0.2) is 24.4 Å². The summed E-state index contributed by atoms with van der Waals surface area (Å²) in [4.78, 5) is 14.9. The zero-order valence-corrected chi connectivity index (χ0v) is 9.69. The van der Waals surface area contributed by atoms with Crippen molar-refractivity contribution in [1.82, 2.24) is 9.29 Å². The van der Waals surface area contributed by atoms with Crippen molar-refractivity contribution in [3.05, 3.63) is 30.1 Å². The smallest absolute Gasteiger partial charge is 0.380 e. The SMILES string of the molecule is O=C(O)SN1CCC(c2ccccn2)CC1. The summed E-state index contributed by atoms with van der Waals surface area (Å²) < 4.78 is 1.90. The van der Waals surface area contributed by atoms with Crippen LogP contribution in [0.1, 0.15) is 24.5 Å². The fraction of sp³-hybridized carbons (Fsp3) is 0.455. The van der Waals surface area contributed by atoms with Crippen LogP contribution in [0, 0.1) is 0 Å². The summed E-state index contributed by atoms with van der Waals surface area (Å²) >= 11 is 0.902. The molecule has 0 atom stereocenters. The van der Waals surface area contributed by atoms with E-state index in [0.717, 1.165) is 43.6 Å². The zero-order valence-electron chi connectivity index (χ0n) is 8.87. The highest BCUT2D eigenvalue weighted by Gasteiger charge is 2.22. The minimum absolute atomic E-state index is 0.479. The van der Waals surface area contributed by atoms with E-state index < -0.39 is 5.30 Å². The molecular formula is C11H14N2O2S. The molecule has 1 fully saturated rings. The number of carboxylic acid groups (broad SMARTS) is 1. The van der Waals surface area contributed by atoms with Crippen LogP contribution < -0.4 is 0 Å². The van der Waals surface area contributed by atoms with Gasteiger partial charge in [-0.05, 0) is 25.0 Å². The zero-order chi connectivity index (χ0) is 11.4. The van der Waals surface area contributed by atoms with Gasteiger partial charge in [0.2, 0.25) is 0 Å². The Morgan fingerprint density at radius 2 is 2.19 bits per heavy atom. The molecule has 0 unspecified atom stereocenters. The number of hydrogen-bond donors (Lipinski definition) is 1. The van der Waals surface area contributed by atoms with Crippen LogP contribution in [0.3, 0.4) is 0 Å². The molecule has 0 saturated carbocycles. The molecule has 1 aromatic rings. The molecule has 1 aliphatic rings. The van der Waals surface area contributed by atoms with E-state index in [1.807, 2.05) is 28.7 Å². The van der Waals surface area contributed by atoms with E-state index in [4.69, 9.17) is 5.11 Å². The summed E-state index contributed by atoms with van der Waals surface area (Å²) in [6, 6.07) is 5.96. The van der Waals surface area contributed by atoms with E-state index in [2.05, 4.69) is 4.98 Å². The quantitative estimate of drug-likeness (QED) is 0.802. The van der Waals surface area contributed by atoms with Crippen LogP contribution in [0.5, 0.6) is 0 Å². The van der Waals surface area contributed by atoms with Gasteiger partial charge < -0.3 is 5.11 Å².